The normalized spacial score (nSPS) is 13.0. The number of allylic oxidation sites excluding steroid dienone is 1. The maximum Gasteiger partial charge on any atom is 0.260 e. The molecule has 0 bridgehead atoms. The summed E-state index contributed by atoms with van der Waals surface area (Å²) in [7, 11) is 0. The average molecular weight is 458 g/mol. The van der Waals surface area contributed by atoms with Crippen molar-refractivity contribution in [1.29, 1.82) is 0 Å². The van der Waals surface area contributed by atoms with Crippen LogP contribution in [-0.4, -0.2) is 17.9 Å². The second-order valence-corrected chi connectivity index (χ2v) is 8.09. The van der Waals surface area contributed by atoms with E-state index in [1.54, 1.807) is 0 Å². The molecule has 0 fully saturated rings. The zero-order chi connectivity index (χ0) is 24.4. The van der Waals surface area contributed by atoms with E-state index < -0.39 is 0 Å². The van der Waals surface area contributed by atoms with E-state index >= 15 is 0 Å². The van der Waals surface area contributed by atoms with Crippen LogP contribution in [0.25, 0.3) is 17.0 Å². The fourth-order valence-electron chi connectivity index (χ4n) is 4.73. The van der Waals surface area contributed by atoms with Gasteiger partial charge in [-0.25, -0.2) is 0 Å². The van der Waals surface area contributed by atoms with Gasteiger partial charge in [0.1, 0.15) is 23.0 Å². The molecule has 4 aromatic rings. The summed E-state index contributed by atoms with van der Waals surface area (Å²) in [6, 6.07) is 24.7. The molecule has 1 aromatic heterocycles. The molecule has 2 aliphatic heterocycles. The Balaban J connectivity index is 0.00000124. The van der Waals surface area contributed by atoms with Gasteiger partial charge in [-0.15, -0.1) is 0 Å². The predicted octanol–water partition coefficient (Wildman–Crippen LogP) is 5.95. The van der Waals surface area contributed by atoms with Crippen LogP contribution in [0.3, 0.4) is 0 Å². The first-order chi connectivity index (χ1) is 17.3. The first-order valence-corrected chi connectivity index (χ1v) is 12.1. The Morgan fingerprint density at radius 1 is 0.800 bits per heavy atom. The maximum absolute atomic E-state index is 6.38. The molecule has 4 nitrogen and oxygen atoms in total. The van der Waals surface area contributed by atoms with Crippen molar-refractivity contribution < 1.29 is 9.47 Å². The van der Waals surface area contributed by atoms with Crippen molar-refractivity contribution in [1.82, 2.24) is 4.98 Å². The highest BCUT2D eigenvalue weighted by molar-refractivity contribution is 6.98. The first kappa shape index (κ1) is 22.7. The highest BCUT2D eigenvalue weighted by Gasteiger charge is 2.40. The van der Waals surface area contributed by atoms with Crippen LogP contribution < -0.4 is 25.9 Å². The summed E-state index contributed by atoms with van der Waals surface area (Å²) >= 11 is 0. The Morgan fingerprint density at radius 2 is 1.51 bits per heavy atom. The van der Waals surface area contributed by atoms with Gasteiger partial charge in [0.2, 0.25) is 0 Å². The van der Waals surface area contributed by atoms with Gasteiger partial charge in [0.05, 0.1) is 11.4 Å². The third kappa shape index (κ3) is 3.93. The quantitative estimate of drug-likeness (QED) is 0.243. The summed E-state index contributed by atoms with van der Waals surface area (Å²) in [6.07, 6.45) is 5.63. The molecule has 0 saturated heterocycles. The molecule has 0 amide bonds. The number of hydrogen-bond acceptors (Lipinski definition) is 4. The summed E-state index contributed by atoms with van der Waals surface area (Å²) in [5.74, 6) is 3.38. The molecule has 0 unspecified atom stereocenters. The Labute approximate surface area is 207 Å². The van der Waals surface area contributed by atoms with Crippen molar-refractivity contribution in [3.8, 4) is 34.3 Å². The molecule has 6 rings (SSSR count). The molecule has 172 valence electrons. The summed E-state index contributed by atoms with van der Waals surface area (Å²) < 4.78 is 12.8. The summed E-state index contributed by atoms with van der Waals surface area (Å²) in [5.41, 5.74) is 7.26. The van der Waals surface area contributed by atoms with Crippen molar-refractivity contribution in [2.75, 3.05) is 0 Å². The molecule has 0 atom stereocenters. The van der Waals surface area contributed by atoms with Crippen LogP contribution >= 0.6 is 0 Å². The molecule has 0 aliphatic carbocycles. The van der Waals surface area contributed by atoms with Crippen LogP contribution in [0.5, 0.6) is 23.0 Å². The van der Waals surface area contributed by atoms with Crippen LogP contribution in [0.4, 0.5) is 0 Å². The smallest absolute Gasteiger partial charge is 0.260 e. The number of benzene rings is 3. The van der Waals surface area contributed by atoms with Gasteiger partial charge in [0.15, 0.2) is 0 Å². The van der Waals surface area contributed by atoms with Crippen molar-refractivity contribution >= 4 is 35.0 Å². The van der Waals surface area contributed by atoms with E-state index in [1.165, 1.54) is 0 Å². The van der Waals surface area contributed by atoms with E-state index in [0.29, 0.717) is 0 Å². The van der Waals surface area contributed by atoms with E-state index in [0.717, 1.165) is 61.9 Å². The van der Waals surface area contributed by atoms with Crippen LogP contribution in [0.2, 0.25) is 0 Å². The molecule has 3 heterocycles. The summed E-state index contributed by atoms with van der Waals surface area (Å²) in [6.45, 7) is 7.96. The lowest BCUT2D eigenvalue weighted by molar-refractivity contribution is 0.464. The zero-order valence-electron chi connectivity index (χ0n) is 20.4. The molecule has 0 saturated carbocycles. The number of fused-ring (bicyclic) bond motifs is 4. The van der Waals surface area contributed by atoms with E-state index in [2.05, 4.69) is 46.4 Å². The zero-order valence-corrected chi connectivity index (χ0v) is 20.4. The van der Waals surface area contributed by atoms with Gasteiger partial charge in [-0.1, -0.05) is 56.3 Å². The van der Waals surface area contributed by atoms with Crippen molar-refractivity contribution in [3.05, 3.63) is 90.6 Å². The largest absolute Gasteiger partial charge is 0.458 e. The van der Waals surface area contributed by atoms with Crippen LogP contribution in [0.1, 0.15) is 33.3 Å². The molecule has 0 spiro atoms. The molecular weight excluding hydrogens is 431 g/mol. The van der Waals surface area contributed by atoms with Gasteiger partial charge in [-0.05, 0) is 61.2 Å². The minimum absolute atomic E-state index is 0.0410. The Bertz CT molecular complexity index is 1440. The molecule has 2 aliphatic rings. The van der Waals surface area contributed by atoms with Gasteiger partial charge in [-0.3, -0.25) is 9.98 Å². The molecule has 0 radical (unpaired) electrons. The van der Waals surface area contributed by atoms with Crippen LogP contribution in [0, 0.1) is 0 Å². The number of ether oxygens (including phenoxy) is 2. The van der Waals surface area contributed by atoms with E-state index in [4.69, 9.17) is 9.47 Å². The number of aromatic nitrogens is 1. The fraction of sp³-hybridized carbons (Fsp3) is 0.133. The minimum Gasteiger partial charge on any atom is -0.458 e. The number of hydrogen-bond donors (Lipinski definition) is 0. The highest BCUT2D eigenvalue weighted by Crippen LogP contribution is 2.36. The highest BCUT2D eigenvalue weighted by atomic mass is 16.5. The number of rotatable bonds is 3. The fourth-order valence-corrected chi connectivity index (χ4v) is 4.73. The van der Waals surface area contributed by atoms with Crippen molar-refractivity contribution in [2.24, 2.45) is 4.99 Å². The maximum atomic E-state index is 6.38. The SMILES string of the molecule is CC.CC=N/C(=C\C)c1ccc2c(c1)Oc1cccc3c1B2c1ccc(-c2ccccn2)cc1O3. The minimum atomic E-state index is 0.0410. The molecule has 5 heteroatoms. The monoisotopic (exact) mass is 458 g/mol. The average Bonchev–Trinajstić information content (AvgIpc) is 2.92. The third-order valence-electron chi connectivity index (χ3n) is 6.20. The first-order valence-electron chi connectivity index (χ1n) is 12.1. The second-order valence-electron chi connectivity index (χ2n) is 8.09. The van der Waals surface area contributed by atoms with Gasteiger partial charge in [-0.2, -0.15) is 0 Å². The van der Waals surface area contributed by atoms with Gasteiger partial charge in [0, 0.05) is 29.0 Å². The van der Waals surface area contributed by atoms with Gasteiger partial charge < -0.3 is 9.47 Å². The van der Waals surface area contributed by atoms with Gasteiger partial charge >= 0.3 is 0 Å². The molecular formula is C30H27BN2O2. The number of nitrogens with zero attached hydrogens (tertiary/aromatic N) is 2. The lowest BCUT2D eigenvalue weighted by Crippen LogP contribution is -2.57. The van der Waals surface area contributed by atoms with Crippen LogP contribution in [0.15, 0.2) is 90.1 Å². The van der Waals surface area contributed by atoms with Gasteiger partial charge in [0.25, 0.3) is 6.71 Å². The lowest BCUT2D eigenvalue weighted by Gasteiger charge is -2.33. The van der Waals surface area contributed by atoms with E-state index in [9.17, 15) is 0 Å². The van der Waals surface area contributed by atoms with E-state index in [1.807, 2.05) is 82.6 Å². The van der Waals surface area contributed by atoms with E-state index in [-0.39, 0.29) is 6.71 Å². The van der Waals surface area contributed by atoms with Crippen LogP contribution in [-0.2, 0) is 0 Å². The van der Waals surface area contributed by atoms with Crippen molar-refractivity contribution in [3.63, 3.8) is 0 Å². The lowest BCUT2D eigenvalue weighted by atomic mass is 9.35. The molecule has 0 N–H and O–H groups in total. The second kappa shape index (κ2) is 9.63. The Morgan fingerprint density at radius 3 is 2.17 bits per heavy atom. The topological polar surface area (TPSA) is 43.7 Å². The van der Waals surface area contributed by atoms with Crippen molar-refractivity contribution in [2.45, 2.75) is 27.7 Å². The summed E-state index contributed by atoms with van der Waals surface area (Å²) in [5, 5.41) is 0. The standard InChI is InChI=1S/C28H21BN2O2.C2H6/c1-3-22(30-4-2)18-11-13-20-26(16-18)32-24-9-7-10-25-28(24)29(20)21-14-12-19(17-27(21)33-25)23-8-5-6-15-31-23;1-2/h3-17H,1-2H3;1-2H3/b22-3-,30-4?;. The summed E-state index contributed by atoms with van der Waals surface area (Å²) in [4.78, 5) is 9.00. The number of aliphatic imine (C=N–C) groups is 1. The molecule has 3 aromatic carbocycles. The number of pyridine rings is 1. The predicted molar refractivity (Wildman–Crippen MR) is 147 cm³/mol. The molecule has 35 heavy (non-hydrogen) atoms. The Hall–Kier alpha value is -4.12. The Kier molecular flexibility index (Phi) is 6.24. The third-order valence-corrected chi connectivity index (χ3v) is 6.20.